The lowest BCUT2D eigenvalue weighted by molar-refractivity contribution is -0.0175. The minimum Gasteiger partial charge on any atom is -0.374 e. The molecule has 1 aromatic rings. The number of H-pyrrole nitrogens is 1. The van der Waals surface area contributed by atoms with Crippen LogP contribution in [0.1, 0.15) is 21.7 Å². The third-order valence-electron chi connectivity index (χ3n) is 3.85. The first-order valence-corrected chi connectivity index (χ1v) is 7.09. The number of aromatic nitrogens is 2. The van der Waals surface area contributed by atoms with E-state index in [-0.39, 0.29) is 12.0 Å². The van der Waals surface area contributed by atoms with Crippen LogP contribution in [0, 0.1) is 0 Å². The Kier molecular flexibility index (Phi) is 4.00. The lowest BCUT2D eigenvalue weighted by Crippen LogP contribution is -2.46. The highest BCUT2D eigenvalue weighted by molar-refractivity contribution is 5.94. The molecule has 1 saturated heterocycles. The van der Waals surface area contributed by atoms with Crippen molar-refractivity contribution in [3.63, 3.8) is 0 Å². The van der Waals surface area contributed by atoms with Crippen LogP contribution in [0.3, 0.4) is 0 Å². The summed E-state index contributed by atoms with van der Waals surface area (Å²) < 4.78 is 5.63. The molecule has 0 aliphatic carbocycles. The maximum Gasteiger partial charge on any atom is 0.272 e. The Balaban J connectivity index is 1.58. The van der Waals surface area contributed by atoms with Gasteiger partial charge in [-0.1, -0.05) is 0 Å². The number of ether oxygens (including phenoxy) is 1. The van der Waals surface area contributed by atoms with E-state index in [2.05, 4.69) is 32.8 Å². The number of hydrogen-bond donors (Lipinski definition) is 3. The van der Waals surface area contributed by atoms with Gasteiger partial charge in [-0.25, -0.2) is 0 Å². The van der Waals surface area contributed by atoms with Gasteiger partial charge in [-0.15, -0.1) is 0 Å². The second-order valence-corrected chi connectivity index (χ2v) is 5.42. The number of aromatic amines is 1. The van der Waals surface area contributed by atoms with E-state index in [1.54, 1.807) is 0 Å². The Morgan fingerprint density at radius 3 is 3.35 bits per heavy atom. The zero-order valence-electron chi connectivity index (χ0n) is 11.7. The van der Waals surface area contributed by atoms with Crippen LogP contribution in [0.4, 0.5) is 0 Å². The highest BCUT2D eigenvalue weighted by Gasteiger charge is 2.23. The fourth-order valence-electron chi connectivity index (χ4n) is 2.69. The molecule has 3 heterocycles. The van der Waals surface area contributed by atoms with Crippen LogP contribution in [0.25, 0.3) is 0 Å². The van der Waals surface area contributed by atoms with Gasteiger partial charge in [0.15, 0.2) is 5.69 Å². The number of fused-ring (bicyclic) bond motifs is 1. The topological polar surface area (TPSA) is 82.3 Å². The molecule has 1 atom stereocenters. The van der Waals surface area contributed by atoms with Gasteiger partial charge in [-0.05, 0) is 7.05 Å². The molecular formula is C13H21N5O2. The summed E-state index contributed by atoms with van der Waals surface area (Å²) >= 11 is 0. The maximum atomic E-state index is 12.2. The second-order valence-electron chi connectivity index (χ2n) is 5.42. The number of likely N-dealkylation sites (N-methyl/N-ethyl adjacent to an activating group) is 1. The summed E-state index contributed by atoms with van der Waals surface area (Å²) in [5, 5.41) is 13.3. The zero-order chi connectivity index (χ0) is 13.9. The Morgan fingerprint density at radius 1 is 1.60 bits per heavy atom. The van der Waals surface area contributed by atoms with E-state index in [9.17, 15) is 4.79 Å². The quantitative estimate of drug-likeness (QED) is 0.669. The van der Waals surface area contributed by atoms with Crippen molar-refractivity contribution >= 4 is 5.91 Å². The van der Waals surface area contributed by atoms with Gasteiger partial charge in [0.25, 0.3) is 5.91 Å². The summed E-state index contributed by atoms with van der Waals surface area (Å²) in [5.74, 6) is -0.122. The molecule has 3 rings (SSSR count). The van der Waals surface area contributed by atoms with E-state index < -0.39 is 0 Å². The van der Waals surface area contributed by atoms with Crippen LogP contribution in [-0.2, 0) is 17.7 Å². The molecule has 7 nitrogen and oxygen atoms in total. The summed E-state index contributed by atoms with van der Waals surface area (Å²) in [7, 11) is 2.06. The number of nitrogens with zero attached hydrogens (tertiary/aromatic N) is 2. The summed E-state index contributed by atoms with van der Waals surface area (Å²) in [6.07, 6.45) is 0.956. The van der Waals surface area contributed by atoms with Gasteiger partial charge in [-0.3, -0.25) is 9.89 Å². The van der Waals surface area contributed by atoms with Crippen molar-refractivity contribution in [3.05, 3.63) is 17.0 Å². The average molecular weight is 279 g/mol. The molecule has 2 aliphatic heterocycles. The van der Waals surface area contributed by atoms with Gasteiger partial charge in [0.2, 0.25) is 0 Å². The molecule has 0 spiro atoms. The monoisotopic (exact) mass is 279 g/mol. The molecule has 1 unspecified atom stereocenters. The molecule has 1 aromatic heterocycles. The van der Waals surface area contributed by atoms with Crippen LogP contribution >= 0.6 is 0 Å². The average Bonchev–Trinajstić information content (AvgIpc) is 2.89. The maximum absolute atomic E-state index is 12.2. The first kappa shape index (κ1) is 13.5. The molecule has 110 valence electrons. The van der Waals surface area contributed by atoms with Crippen LogP contribution in [-0.4, -0.2) is 66.9 Å². The first-order chi connectivity index (χ1) is 9.74. The molecule has 0 saturated carbocycles. The minimum absolute atomic E-state index is 0.0607. The van der Waals surface area contributed by atoms with Crippen molar-refractivity contribution in [1.82, 2.24) is 25.7 Å². The predicted octanol–water partition coefficient (Wildman–Crippen LogP) is -0.884. The lowest BCUT2D eigenvalue weighted by Gasteiger charge is -2.30. The molecule has 0 bridgehead atoms. The molecule has 3 N–H and O–H groups in total. The number of carbonyl (C=O) groups is 1. The van der Waals surface area contributed by atoms with Crippen LogP contribution in [0.2, 0.25) is 0 Å². The highest BCUT2D eigenvalue weighted by Crippen LogP contribution is 2.15. The number of nitrogens with one attached hydrogen (secondary N) is 3. The molecule has 1 fully saturated rings. The van der Waals surface area contributed by atoms with Crippen molar-refractivity contribution in [2.24, 2.45) is 0 Å². The molecule has 7 heteroatoms. The largest absolute Gasteiger partial charge is 0.374 e. The van der Waals surface area contributed by atoms with Crippen molar-refractivity contribution < 1.29 is 9.53 Å². The van der Waals surface area contributed by atoms with E-state index in [1.165, 1.54) is 0 Å². The smallest absolute Gasteiger partial charge is 0.272 e. The Bertz CT molecular complexity index is 487. The van der Waals surface area contributed by atoms with E-state index in [4.69, 9.17) is 4.74 Å². The third kappa shape index (κ3) is 2.84. The normalized spacial score (nSPS) is 23.4. The summed E-state index contributed by atoms with van der Waals surface area (Å²) in [4.78, 5) is 14.4. The first-order valence-electron chi connectivity index (χ1n) is 7.09. The van der Waals surface area contributed by atoms with Gasteiger partial charge in [0.05, 0.1) is 12.7 Å². The van der Waals surface area contributed by atoms with Crippen molar-refractivity contribution in [2.45, 2.75) is 19.1 Å². The van der Waals surface area contributed by atoms with Crippen molar-refractivity contribution in [1.29, 1.82) is 0 Å². The van der Waals surface area contributed by atoms with Gasteiger partial charge in [0, 0.05) is 50.4 Å². The second kappa shape index (κ2) is 5.90. The van der Waals surface area contributed by atoms with E-state index in [0.29, 0.717) is 18.8 Å². The third-order valence-corrected chi connectivity index (χ3v) is 3.85. The number of morpholine rings is 1. The van der Waals surface area contributed by atoms with Gasteiger partial charge in [0.1, 0.15) is 0 Å². The van der Waals surface area contributed by atoms with E-state index in [1.807, 2.05) is 0 Å². The molecule has 2 aliphatic rings. The van der Waals surface area contributed by atoms with Gasteiger partial charge in [-0.2, -0.15) is 5.10 Å². The fourth-order valence-corrected chi connectivity index (χ4v) is 2.69. The van der Waals surface area contributed by atoms with Crippen molar-refractivity contribution in [2.75, 3.05) is 39.8 Å². The molecular weight excluding hydrogens is 258 g/mol. The van der Waals surface area contributed by atoms with Crippen LogP contribution < -0.4 is 10.6 Å². The van der Waals surface area contributed by atoms with Gasteiger partial charge < -0.3 is 20.3 Å². The standard InChI is InChI=1S/C13H21N5O2/c1-18-4-5-20-9(8-18)6-15-13(19)12-10-7-14-3-2-11(10)16-17-12/h9,14H,2-8H2,1H3,(H,15,19)(H,16,17). The van der Waals surface area contributed by atoms with E-state index >= 15 is 0 Å². The highest BCUT2D eigenvalue weighted by atomic mass is 16.5. The Labute approximate surface area is 118 Å². The number of carbonyl (C=O) groups excluding carboxylic acids is 1. The predicted molar refractivity (Wildman–Crippen MR) is 73.6 cm³/mol. The fraction of sp³-hybridized carbons (Fsp3) is 0.692. The summed E-state index contributed by atoms with van der Waals surface area (Å²) in [6.45, 7) is 4.68. The van der Waals surface area contributed by atoms with Crippen LogP contribution in [0.5, 0.6) is 0 Å². The summed E-state index contributed by atoms with van der Waals surface area (Å²) in [5.41, 5.74) is 2.58. The number of hydrogen-bond acceptors (Lipinski definition) is 5. The van der Waals surface area contributed by atoms with Gasteiger partial charge >= 0.3 is 0 Å². The molecule has 0 radical (unpaired) electrons. The lowest BCUT2D eigenvalue weighted by atomic mass is 10.1. The van der Waals surface area contributed by atoms with Crippen molar-refractivity contribution in [3.8, 4) is 0 Å². The number of rotatable bonds is 3. The zero-order valence-corrected chi connectivity index (χ0v) is 11.7. The number of amides is 1. The Hall–Kier alpha value is -1.44. The molecule has 0 aromatic carbocycles. The molecule has 1 amide bonds. The van der Waals surface area contributed by atoms with Crippen LogP contribution in [0.15, 0.2) is 0 Å². The summed E-state index contributed by atoms with van der Waals surface area (Å²) in [6, 6.07) is 0. The Morgan fingerprint density at radius 2 is 2.50 bits per heavy atom. The SMILES string of the molecule is CN1CCOC(CNC(=O)c2n[nH]c3c2CNCC3)C1. The minimum atomic E-state index is -0.122. The van der Waals surface area contributed by atoms with E-state index in [0.717, 1.165) is 43.9 Å². The molecule has 20 heavy (non-hydrogen) atoms.